The van der Waals surface area contributed by atoms with Crippen molar-refractivity contribution in [3.05, 3.63) is 60.2 Å². The molecule has 128 valence electrons. The standard InChI is InChI=1S/C15H15F2N3O3S/c16-11-5-7-12(8-6-11)19-20-15(21)9-10-18-24(22,23)14-4-2-1-3-13(14)17/h1-8,18-19H,9-10H2,(H,20,21). The molecule has 0 aliphatic carbocycles. The molecule has 2 aromatic rings. The van der Waals surface area contributed by atoms with Gasteiger partial charge in [0.05, 0.1) is 5.69 Å². The van der Waals surface area contributed by atoms with E-state index in [4.69, 9.17) is 0 Å². The molecular weight excluding hydrogens is 340 g/mol. The molecule has 9 heteroatoms. The Hall–Kier alpha value is -2.52. The van der Waals surface area contributed by atoms with E-state index in [1.165, 1.54) is 36.4 Å². The van der Waals surface area contributed by atoms with Gasteiger partial charge in [0.15, 0.2) is 0 Å². The topological polar surface area (TPSA) is 87.3 Å². The van der Waals surface area contributed by atoms with Gasteiger partial charge in [-0.25, -0.2) is 21.9 Å². The summed E-state index contributed by atoms with van der Waals surface area (Å²) in [7, 11) is -4.03. The maximum atomic E-state index is 13.5. The number of hydrazine groups is 1. The largest absolute Gasteiger partial charge is 0.299 e. The van der Waals surface area contributed by atoms with Crippen molar-refractivity contribution >= 4 is 21.6 Å². The number of nitrogens with one attached hydrogen (secondary N) is 3. The van der Waals surface area contributed by atoms with E-state index in [1.54, 1.807) is 0 Å². The van der Waals surface area contributed by atoms with Crippen molar-refractivity contribution in [3.8, 4) is 0 Å². The first-order chi connectivity index (χ1) is 11.4. The molecule has 0 bridgehead atoms. The number of halogens is 2. The number of anilines is 1. The highest BCUT2D eigenvalue weighted by Crippen LogP contribution is 2.12. The van der Waals surface area contributed by atoms with Gasteiger partial charge >= 0.3 is 0 Å². The van der Waals surface area contributed by atoms with Crippen LogP contribution >= 0.6 is 0 Å². The molecule has 2 aromatic carbocycles. The van der Waals surface area contributed by atoms with Crippen LogP contribution in [0.4, 0.5) is 14.5 Å². The normalized spacial score (nSPS) is 11.1. The molecule has 0 saturated heterocycles. The first-order valence-corrected chi connectivity index (χ1v) is 8.41. The van der Waals surface area contributed by atoms with Gasteiger partial charge in [0.1, 0.15) is 16.5 Å². The molecule has 0 saturated carbocycles. The van der Waals surface area contributed by atoms with Gasteiger partial charge in [0, 0.05) is 13.0 Å². The zero-order chi connectivity index (χ0) is 17.6. The number of carbonyl (C=O) groups is 1. The maximum Gasteiger partial charge on any atom is 0.243 e. The van der Waals surface area contributed by atoms with Gasteiger partial charge in [0.2, 0.25) is 15.9 Å². The maximum absolute atomic E-state index is 13.5. The van der Waals surface area contributed by atoms with Crippen LogP contribution in [0.25, 0.3) is 0 Å². The van der Waals surface area contributed by atoms with Crippen LogP contribution in [0.5, 0.6) is 0 Å². The second kappa shape index (κ2) is 7.84. The average molecular weight is 355 g/mol. The zero-order valence-corrected chi connectivity index (χ0v) is 13.2. The second-order valence-electron chi connectivity index (χ2n) is 4.76. The summed E-state index contributed by atoms with van der Waals surface area (Å²) in [6.07, 6.45) is -0.165. The number of benzene rings is 2. The smallest absolute Gasteiger partial charge is 0.243 e. The lowest BCUT2D eigenvalue weighted by Gasteiger charge is -2.09. The first kappa shape index (κ1) is 17.8. The molecular formula is C15H15F2N3O3S. The molecule has 0 atom stereocenters. The monoisotopic (exact) mass is 355 g/mol. The van der Waals surface area contributed by atoms with E-state index in [-0.39, 0.29) is 13.0 Å². The summed E-state index contributed by atoms with van der Waals surface area (Å²) in [6, 6.07) is 10.2. The summed E-state index contributed by atoms with van der Waals surface area (Å²) >= 11 is 0. The van der Waals surface area contributed by atoms with Crippen LogP contribution in [0.2, 0.25) is 0 Å². The van der Waals surface area contributed by atoms with Crippen LogP contribution in [0, 0.1) is 11.6 Å². The quantitative estimate of drug-likeness (QED) is 0.661. The van der Waals surface area contributed by atoms with E-state index >= 15 is 0 Å². The number of amides is 1. The van der Waals surface area contributed by atoms with Gasteiger partial charge in [0.25, 0.3) is 0 Å². The Morgan fingerprint density at radius 1 is 1.00 bits per heavy atom. The lowest BCUT2D eigenvalue weighted by Crippen LogP contribution is -2.33. The van der Waals surface area contributed by atoms with Crippen molar-refractivity contribution in [2.75, 3.05) is 12.0 Å². The van der Waals surface area contributed by atoms with Gasteiger partial charge in [-0.2, -0.15) is 0 Å². The Morgan fingerprint density at radius 2 is 1.67 bits per heavy atom. The first-order valence-electron chi connectivity index (χ1n) is 6.93. The number of rotatable bonds is 7. The van der Waals surface area contributed by atoms with Crippen LogP contribution in [0.3, 0.4) is 0 Å². The molecule has 2 rings (SSSR count). The highest BCUT2D eigenvalue weighted by Gasteiger charge is 2.18. The van der Waals surface area contributed by atoms with E-state index in [0.29, 0.717) is 5.69 Å². The summed E-state index contributed by atoms with van der Waals surface area (Å²) in [5.74, 6) is -1.77. The molecule has 0 spiro atoms. The average Bonchev–Trinajstić information content (AvgIpc) is 2.54. The second-order valence-corrected chi connectivity index (χ2v) is 6.49. The highest BCUT2D eigenvalue weighted by atomic mass is 32.2. The summed E-state index contributed by atoms with van der Waals surface area (Å²) < 4.78 is 52.2. The van der Waals surface area contributed by atoms with E-state index in [9.17, 15) is 22.0 Å². The zero-order valence-electron chi connectivity index (χ0n) is 12.4. The third-order valence-electron chi connectivity index (χ3n) is 2.96. The van der Waals surface area contributed by atoms with Crippen LogP contribution in [-0.2, 0) is 14.8 Å². The Kier molecular flexibility index (Phi) is 5.83. The van der Waals surface area contributed by atoms with Crippen LogP contribution in [-0.4, -0.2) is 20.9 Å². The Balaban J connectivity index is 1.80. The summed E-state index contributed by atoms with van der Waals surface area (Å²) in [5.41, 5.74) is 5.36. The van der Waals surface area contributed by atoms with Gasteiger partial charge < -0.3 is 0 Å². The summed E-state index contributed by atoms with van der Waals surface area (Å²) in [4.78, 5) is 11.1. The molecule has 0 aliphatic rings. The van der Waals surface area contributed by atoms with E-state index in [1.807, 2.05) is 0 Å². The van der Waals surface area contributed by atoms with Gasteiger partial charge in [-0.1, -0.05) is 12.1 Å². The fraction of sp³-hybridized carbons (Fsp3) is 0.133. The number of carbonyl (C=O) groups excluding carboxylic acids is 1. The lowest BCUT2D eigenvalue weighted by molar-refractivity contribution is -0.120. The van der Waals surface area contributed by atoms with Gasteiger partial charge in [-0.15, -0.1) is 0 Å². The minimum Gasteiger partial charge on any atom is -0.299 e. The third kappa shape index (κ3) is 5.00. The molecule has 6 nitrogen and oxygen atoms in total. The Labute approximate surface area is 137 Å². The van der Waals surface area contributed by atoms with Crippen LogP contribution in [0.1, 0.15) is 6.42 Å². The molecule has 0 radical (unpaired) electrons. The van der Waals surface area contributed by atoms with E-state index in [2.05, 4.69) is 15.6 Å². The van der Waals surface area contributed by atoms with Gasteiger partial charge in [-0.05, 0) is 36.4 Å². The predicted molar refractivity (Wildman–Crippen MR) is 84.4 cm³/mol. The molecule has 0 aliphatic heterocycles. The molecule has 0 heterocycles. The van der Waals surface area contributed by atoms with Crippen molar-refractivity contribution in [3.63, 3.8) is 0 Å². The summed E-state index contributed by atoms with van der Waals surface area (Å²) in [6.45, 7) is -0.201. The molecule has 24 heavy (non-hydrogen) atoms. The van der Waals surface area contributed by atoms with Crippen molar-refractivity contribution in [2.24, 2.45) is 0 Å². The highest BCUT2D eigenvalue weighted by molar-refractivity contribution is 7.89. The van der Waals surface area contributed by atoms with Gasteiger partial charge in [-0.3, -0.25) is 15.6 Å². The molecule has 0 fully saturated rings. The van der Waals surface area contributed by atoms with Crippen molar-refractivity contribution in [2.45, 2.75) is 11.3 Å². The minimum absolute atomic E-state index is 0.165. The third-order valence-corrected chi connectivity index (χ3v) is 4.46. The molecule has 0 unspecified atom stereocenters. The Morgan fingerprint density at radius 3 is 2.33 bits per heavy atom. The fourth-order valence-corrected chi connectivity index (χ4v) is 2.89. The minimum atomic E-state index is -4.03. The predicted octanol–water partition coefficient (Wildman–Crippen LogP) is 1.78. The lowest BCUT2D eigenvalue weighted by atomic mass is 10.3. The number of sulfonamides is 1. The summed E-state index contributed by atoms with van der Waals surface area (Å²) in [5, 5.41) is 0. The van der Waals surface area contributed by atoms with Crippen molar-refractivity contribution in [1.82, 2.24) is 10.1 Å². The molecule has 3 N–H and O–H groups in total. The fourth-order valence-electron chi connectivity index (χ4n) is 1.78. The molecule has 1 amide bonds. The van der Waals surface area contributed by atoms with Crippen LogP contribution in [0.15, 0.2) is 53.4 Å². The van der Waals surface area contributed by atoms with E-state index in [0.717, 1.165) is 12.1 Å². The van der Waals surface area contributed by atoms with E-state index < -0.39 is 32.5 Å². The molecule has 0 aromatic heterocycles. The Bertz CT molecular complexity index is 811. The SMILES string of the molecule is O=C(CCNS(=O)(=O)c1ccccc1F)NNc1ccc(F)cc1. The van der Waals surface area contributed by atoms with Crippen LogP contribution < -0.4 is 15.6 Å². The van der Waals surface area contributed by atoms with Crippen molar-refractivity contribution in [1.29, 1.82) is 0 Å². The van der Waals surface area contributed by atoms with Crippen molar-refractivity contribution < 1.29 is 22.0 Å². The number of hydrogen-bond acceptors (Lipinski definition) is 4. The number of hydrogen-bond donors (Lipinski definition) is 3.